The number of alkyl halides is 1. The molecular formula is C24H33ClO5. The molecule has 3 unspecified atom stereocenters. The fraction of sp³-hybridized carbons (Fsp3) is 0.792. The van der Waals surface area contributed by atoms with Crippen LogP contribution in [-0.2, 0) is 23.9 Å². The lowest BCUT2D eigenvalue weighted by atomic mass is 9.37. The molecule has 0 aromatic heterocycles. The first-order chi connectivity index (χ1) is 14.3. The number of carbonyl (C=O) groups is 3. The van der Waals surface area contributed by atoms with Crippen LogP contribution < -0.4 is 0 Å². The zero-order chi connectivity index (χ0) is 21.7. The van der Waals surface area contributed by atoms with Crippen LogP contribution in [0.3, 0.4) is 0 Å². The largest absolute Gasteiger partial charge is 0.465 e. The summed E-state index contributed by atoms with van der Waals surface area (Å²) in [5.41, 5.74) is -0.871. The number of ketones is 1. The molecule has 4 aliphatic carbocycles. The smallest absolute Gasteiger partial charge is 0.312 e. The second-order valence-electron chi connectivity index (χ2n) is 9.90. The number of halogens is 1. The highest BCUT2D eigenvalue weighted by Crippen LogP contribution is 2.69. The maximum absolute atomic E-state index is 13.7. The summed E-state index contributed by atoms with van der Waals surface area (Å²) in [5, 5.41) is 0. The molecule has 1 saturated heterocycles. The first-order valence-corrected chi connectivity index (χ1v) is 12.0. The van der Waals surface area contributed by atoms with Crippen LogP contribution in [0, 0.1) is 34.5 Å². The summed E-state index contributed by atoms with van der Waals surface area (Å²) in [6.45, 7) is 8.75. The van der Waals surface area contributed by atoms with Crippen molar-refractivity contribution in [2.24, 2.45) is 34.5 Å². The highest BCUT2D eigenvalue weighted by Gasteiger charge is 2.73. The number of carbonyl (C=O) groups excluding carboxylic acids is 3. The molecule has 5 aliphatic rings. The first-order valence-electron chi connectivity index (χ1n) is 11.5. The van der Waals surface area contributed by atoms with Crippen molar-refractivity contribution in [3.63, 3.8) is 0 Å². The molecule has 2 bridgehead atoms. The molecule has 0 radical (unpaired) electrons. The minimum Gasteiger partial charge on any atom is -0.465 e. The van der Waals surface area contributed by atoms with E-state index in [-0.39, 0.29) is 53.7 Å². The minimum atomic E-state index is -0.853. The molecule has 0 amide bonds. The Morgan fingerprint density at radius 1 is 1.33 bits per heavy atom. The number of rotatable bonds is 6. The second kappa shape index (κ2) is 7.96. The third kappa shape index (κ3) is 2.91. The zero-order valence-electron chi connectivity index (χ0n) is 18.1. The van der Waals surface area contributed by atoms with Crippen LogP contribution in [0.1, 0.15) is 65.2 Å². The monoisotopic (exact) mass is 436 g/mol. The maximum atomic E-state index is 13.7. The third-order valence-electron chi connectivity index (χ3n) is 8.64. The van der Waals surface area contributed by atoms with Crippen molar-refractivity contribution >= 4 is 29.3 Å². The number of hydrogen-bond acceptors (Lipinski definition) is 5. The highest BCUT2D eigenvalue weighted by atomic mass is 35.5. The minimum absolute atomic E-state index is 0.0130. The van der Waals surface area contributed by atoms with Crippen LogP contribution >= 0.6 is 11.6 Å². The summed E-state index contributed by atoms with van der Waals surface area (Å²) in [7, 11) is 0. The number of hydrogen-bond donors (Lipinski definition) is 0. The van der Waals surface area contributed by atoms with Crippen LogP contribution in [0.5, 0.6) is 0 Å². The molecule has 6 heteroatoms. The predicted octanol–water partition coefficient (Wildman–Crippen LogP) is 4.46. The van der Waals surface area contributed by atoms with Crippen molar-refractivity contribution in [3.05, 3.63) is 12.2 Å². The molecule has 1 aliphatic heterocycles. The van der Waals surface area contributed by atoms with Gasteiger partial charge in [-0.3, -0.25) is 14.4 Å². The van der Waals surface area contributed by atoms with E-state index in [1.807, 2.05) is 0 Å². The molecule has 4 saturated carbocycles. The second-order valence-corrected chi connectivity index (χ2v) is 10.3. The molecule has 166 valence electrons. The molecule has 5 rings (SSSR count). The van der Waals surface area contributed by atoms with Gasteiger partial charge in [0, 0.05) is 5.88 Å². The summed E-state index contributed by atoms with van der Waals surface area (Å²) >= 11 is 5.77. The average Bonchev–Trinajstić information content (AvgIpc) is 2.73. The Morgan fingerprint density at radius 2 is 2.10 bits per heavy atom. The van der Waals surface area contributed by atoms with Gasteiger partial charge in [-0.15, -0.1) is 11.6 Å². The molecule has 0 aromatic rings. The van der Waals surface area contributed by atoms with Crippen LogP contribution in [-0.4, -0.2) is 36.3 Å². The van der Waals surface area contributed by atoms with Gasteiger partial charge < -0.3 is 9.47 Å². The van der Waals surface area contributed by atoms with E-state index in [1.165, 1.54) is 0 Å². The number of cyclic esters (lactones) is 1. The molecular weight excluding hydrogens is 404 g/mol. The summed E-state index contributed by atoms with van der Waals surface area (Å²) < 4.78 is 11.7. The average molecular weight is 437 g/mol. The molecule has 1 heterocycles. The summed E-state index contributed by atoms with van der Waals surface area (Å²) in [6, 6.07) is 0. The van der Waals surface area contributed by atoms with Gasteiger partial charge in [0.15, 0.2) is 5.78 Å². The van der Waals surface area contributed by atoms with E-state index in [1.54, 1.807) is 0 Å². The molecule has 0 N–H and O–H groups in total. The molecule has 7 atom stereocenters. The van der Waals surface area contributed by atoms with Crippen LogP contribution in [0.2, 0.25) is 0 Å². The summed E-state index contributed by atoms with van der Waals surface area (Å²) in [6.07, 6.45) is 5.06. The molecule has 0 aromatic carbocycles. The van der Waals surface area contributed by atoms with Gasteiger partial charge in [-0.1, -0.05) is 33.3 Å². The molecule has 1 spiro atoms. The lowest BCUT2D eigenvalue weighted by Gasteiger charge is -2.66. The number of unbranched alkanes of at least 4 members (excludes halogenated alkanes) is 1. The van der Waals surface area contributed by atoms with Gasteiger partial charge in [0.05, 0.1) is 23.9 Å². The predicted molar refractivity (Wildman–Crippen MR) is 113 cm³/mol. The number of ether oxygens (including phenoxy) is 2. The Morgan fingerprint density at radius 3 is 2.80 bits per heavy atom. The summed E-state index contributed by atoms with van der Waals surface area (Å²) in [4.78, 5) is 39.6. The van der Waals surface area contributed by atoms with Crippen molar-refractivity contribution in [2.45, 2.75) is 71.3 Å². The standard InChI is InChI=1S/C24H33ClO5/c1-4-5-8-23-17(14(2)13-29-22(23)28)12-19(30-20(26)7-10-25)24-9-6-16(11-18(23)24)15(3)21(24)27/h14,16-19H,3-13H2,1-2H3/t14-,16+,17?,18?,19-,23?,24-/m1/s1. The van der Waals surface area contributed by atoms with Gasteiger partial charge in [-0.2, -0.15) is 0 Å². The van der Waals surface area contributed by atoms with Gasteiger partial charge in [-0.05, 0) is 61.3 Å². The Kier molecular flexibility index (Phi) is 5.80. The number of allylic oxidation sites excluding steroid dienone is 1. The van der Waals surface area contributed by atoms with Crippen molar-refractivity contribution in [3.8, 4) is 0 Å². The normalized spacial score (nSPS) is 42.4. The van der Waals surface area contributed by atoms with Gasteiger partial charge in [0.2, 0.25) is 0 Å². The number of fused-ring (bicyclic) bond motifs is 3. The Labute approximate surface area is 183 Å². The van der Waals surface area contributed by atoms with Crippen molar-refractivity contribution < 1.29 is 23.9 Å². The van der Waals surface area contributed by atoms with Crippen molar-refractivity contribution in [1.29, 1.82) is 0 Å². The van der Waals surface area contributed by atoms with Gasteiger partial charge in [0.1, 0.15) is 6.10 Å². The van der Waals surface area contributed by atoms with Crippen molar-refractivity contribution in [2.75, 3.05) is 12.5 Å². The third-order valence-corrected chi connectivity index (χ3v) is 8.83. The van der Waals surface area contributed by atoms with Gasteiger partial charge >= 0.3 is 11.9 Å². The quantitative estimate of drug-likeness (QED) is 0.349. The summed E-state index contributed by atoms with van der Waals surface area (Å²) in [5.74, 6) is -0.112. The van der Waals surface area contributed by atoms with Crippen LogP contribution in [0.4, 0.5) is 0 Å². The number of esters is 2. The van der Waals surface area contributed by atoms with Crippen LogP contribution in [0.25, 0.3) is 0 Å². The van der Waals surface area contributed by atoms with Gasteiger partial charge in [-0.25, -0.2) is 0 Å². The van der Waals surface area contributed by atoms with E-state index in [0.717, 1.165) is 32.1 Å². The highest BCUT2D eigenvalue weighted by molar-refractivity contribution is 6.18. The lowest BCUT2D eigenvalue weighted by molar-refractivity contribution is -0.235. The zero-order valence-corrected chi connectivity index (χ0v) is 18.8. The Balaban J connectivity index is 1.84. The van der Waals surface area contributed by atoms with Crippen molar-refractivity contribution in [1.82, 2.24) is 0 Å². The topological polar surface area (TPSA) is 69.7 Å². The first kappa shape index (κ1) is 21.9. The maximum Gasteiger partial charge on any atom is 0.312 e. The van der Waals surface area contributed by atoms with E-state index < -0.39 is 16.9 Å². The molecule has 5 fully saturated rings. The SMILES string of the molecule is C=C1C(=O)[C@]23CC[C@H]1CC2C1(CCCC)C(=O)OC[C@@H](C)C1C[C@H]3OC(=O)CCCl. The van der Waals surface area contributed by atoms with E-state index >= 15 is 0 Å². The molecule has 5 nitrogen and oxygen atoms in total. The van der Waals surface area contributed by atoms with E-state index in [2.05, 4.69) is 20.4 Å². The van der Waals surface area contributed by atoms with E-state index in [0.29, 0.717) is 25.0 Å². The fourth-order valence-corrected chi connectivity index (χ4v) is 7.41. The number of Topliss-reactive ketones (excluding diaryl/α,β-unsaturated/α-hetero) is 1. The van der Waals surface area contributed by atoms with E-state index in [9.17, 15) is 14.4 Å². The lowest BCUT2D eigenvalue weighted by Crippen LogP contribution is -2.70. The van der Waals surface area contributed by atoms with E-state index in [4.69, 9.17) is 21.1 Å². The van der Waals surface area contributed by atoms with Gasteiger partial charge in [0.25, 0.3) is 0 Å². The molecule has 30 heavy (non-hydrogen) atoms. The Hall–Kier alpha value is -1.36. The fourth-order valence-electron chi connectivity index (χ4n) is 7.25. The van der Waals surface area contributed by atoms with Crippen LogP contribution in [0.15, 0.2) is 12.2 Å². The Bertz CT molecular complexity index is 763.